The van der Waals surface area contributed by atoms with E-state index in [1.165, 1.54) is 0 Å². The minimum Gasteiger partial charge on any atom is -0.323 e. The lowest BCUT2D eigenvalue weighted by Gasteiger charge is -2.01. The summed E-state index contributed by atoms with van der Waals surface area (Å²) in [5.74, 6) is 4.33. The molecule has 0 saturated carbocycles. The number of hydrogen-bond acceptors (Lipinski definition) is 2. The Labute approximate surface area is 44.2 Å². The lowest BCUT2D eigenvalue weighted by atomic mass is 10.4. The molecule has 5 heteroatoms. The summed E-state index contributed by atoms with van der Waals surface area (Å²) in [7, 11) is 0. The van der Waals surface area contributed by atoms with Crippen LogP contribution in [0.2, 0.25) is 0 Å². The van der Waals surface area contributed by atoms with Crippen molar-refractivity contribution in [1.82, 2.24) is 0 Å². The predicted octanol–water partition coefficient (Wildman–Crippen LogP) is 0.883. The molecule has 0 fully saturated rings. The summed E-state index contributed by atoms with van der Waals surface area (Å²) in [6.45, 7) is 0.806. The lowest BCUT2D eigenvalue weighted by Crippen LogP contribution is -2.20. The molecular weight excluding hydrogens is 121 g/mol. The van der Waals surface area contributed by atoms with Gasteiger partial charge in [-0.1, -0.05) is 0 Å². The zero-order chi connectivity index (χ0) is 6.78. The summed E-state index contributed by atoms with van der Waals surface area (Å²) in [5, 5.41) is 2.45. The van der Waals surface area contributed by atoms with E-state index < -0.39 is 11.9 Å². The van der Waals surface area contributed by atoms with Crippen molar-refractivity contribution in [3.63, 3.8) is 0 Å². The number of alkyl halides is 3. The third-order valence-electron chi connectivity index (χ3n) is 0.604. The van der Waals surface area contributed by atoms with Crippen LogP contribution in [0.25, 0.3) is 0 Å². The quantitative estimate of drug-likeness (QED) is 0.292. The molecule has 0 aliphatic rings. The molecule has 2 nitrogen and oxygen atoms in total. The molecule has 0 unspecified atom stereocenters. The first kappa shape index (κ1) is 7.26. The number of hydrazone groups is 1. The molecule has 0 radical (unpaired) electrons. The van der Waals surface area contributed by atoms with Crippen LogP contribution in [-0.2, 0) is 0 Å². The van der Waals surface area contributed by atoms with Crippen molar-refractivity contribution >= 4 is 5.71 Å². The van der Waals surface area contributed by atoms with Crippen LogP contribution in [0.4, 0.5) is 13.2 Å². The number of hydrogen-bond donors (Lipinski definition) is 1. The molecule has 0 aromatic heterocycles. The largest absolute Gasteiger partial charge is 0.430 e. The van der Waals surface area contributed by atoms with Gasteiger partial charge in [0, 0.05) is 0 Å². The van der Waals surface area contributed by atoms with E-state index in [1.54, 1.807) is 0 Å². The summed E-state index contributed by atoms with van der Waals surface area (Å²) in [4.78, 5) is 0. The van der Waals surface area contributed by atoms with Gasteiger partial charge in [-0.2, -0.15) is 18.3 Å². The van der Waals surface area contributed by atoms with Gasteiger partial charge in [-0.25, -0.2) is 0 Å². The Balaban J connectivity index is 4.03. The van der Waals surface area contributed by atoms with Crippen LogP contribution in [0.3, 0.4) is 0 Å². The third-order valence-corrected chi connectivity index (χ3v) is 0.604. The van der Waals surface area contributed by atoms with Crippen LogP contribution >= 0.6 is 0 Å². The Kier molecular flexibility index (Phi) is 1.83. The van der Waals surface area contributed by atoms with Crippen molar-refractivity contribution < 1.29 is 13.2 Å². The first-order chi connectivity index (χ1) is 3.48. The van der Waals surface area contributed by atoms with Gasteiger partial charge in [-0.3, -0.25) is 0 Å². The Morgan fingerprint density at radius 3 is 1.88 bits per heavy atom. The number of nitrogens with two attached hydrogens (primary N) is 1. The molecule has 0 aliphatic heterocycles. The maximum atomic E-state index is 11.2. The van der Waals surface area contributed by atoms with Gasteiger partial charge in [-0.05, 0) is 6.92 Å². The topological polar surface area (TPSA) is 38.4 Å². The normalized spacial score (nSPS) is 14.2. The van der Waals surface area contributed by atoms with Gasteiger partial charge >= 0.3 is 6.18 Å². The number of halogens is 3. The molecule has 0 aliphatic carbocycles. The first-order valence-corrected chi connectivity index (χ1v) is 1.80. The third kappa shape index (κ3) is 1.81. The first-order valence-electron chi connectivity index (χ1n) is 1.80. The highest BCUT2D eigenvalue weighted by atomic mass is 19.4. The Morgan fingerprint density at radius 2 is 1.88 bits per heavy atom. The highest BCUT2D eigenvalue weighted by Gasteiger charge is 2.31. The molecule has 0 saturated heterocycles. The van der Waals surface area contributed by atoms with Crippen molar-refractivity contribution in [2.45, 2.75) is 13.1 Å². The van der Waals surface area contributed by atoms with E-state index in [1.807, 2.05) is 0 Å². The second-order valence-electron chi connectivity index (χ2n) is 1.21. The van der Waals surface area contributed by atoms with E-state index >= 15 is 0 Å². The van der Waals surface area contributed by atoms with Gasteiger partial charge in [0.15, 0.2) is 0 Å². The van der Waals surface area contributed by atoms with Gasteiger partial charge in [0.1, 0.15) is 5.71 Å². The average Bonchev–Trinajstić information content (AvgIpc) is 1.62. The van der Waals surface area contributed by atoms with Gasteiger partial charge < -0.3 is 5.84 Å². The van der Waals surface area contributed by atoms with Gasteiger partial charge in [0.05, 0.1) is 0 Å². The highest BCUT2D eigenvalue weighted by molar-refractivity contribution is 5.86. The molecule has 0 bridgehead atoms. The standard InChI is InChI=1S/C3H5F3N2/c1-2(8-7)3(4,5)6/h7H2,1H3/b8-2-. The van der Waals surface area contributed by atoms with Crippen molar-refractivity contribution in [2.75, 3.05) is 0 Å². The summed E-state index contributed by atoms with van der Waals surface area (Å²) < 4.78 is 33.7. The molecule has 8 heavy (non-hydrogen) atoms. The molecule has 0 rings (SSSR count). The van der Waals surface area contributed by atoms with Crippen molar-refractivity contribution in [3.8, 4) is 0 Å². The number of nitrogens with zero attached hydrogens (tertiary/aromatic N) is 1. The van der Waals surface area contributed by atoms with Crippen molar-refractivity contribution in [1.29, 1.82) is 0 Å². The lowest BCUT2D eigenvalue weighted by molar-refractivity contribution is -0.0593. The van der Waals surface area contributed by atoms with Crippen LogP contribution in [0.1, 0.15) is 6.92 Å². The predicted molar refractivity (Wildman–Crippen MR) is 23.4 cm³/mol. The summed E-state index contributed by atoms with van der Waals surface area (Å²) in [6, 6.07) is 0. The van der Waals surface area contributed by atoms with Crippen LogP contribution in [0.5, 0.6) is 0 Å². The highest BCUT2D eigenvalue weighted by Crippen LogP contribution is 2.15. The molecular formula is C3H5F3N2. The zero-order valence-electron chi connectivity index (χ0n) is 4.16. The summed E-state index contributed by atoms with van der Waals surface area (Å²) >= 11 is 0. The molecule has 0 heterocycles. The minimum absolute atomic E-state index is 0.806. The van der Waals surface area contributed by atoms with E-state index in [2.05, 4.69) is 10.9 Å². The Hall–Kier alpha value is -0.740. The fourth-order valence-corrected chi connectivity index (χ4v) is 0.0732. The van der Waals surface area contributed by atoms with E-state index in [-0.39, 0.29) is 0 Å². The van der Waals surface area contributed by atoms with Crippen LogP contribution in [-0.4, -0.2) is 11.9 Å². The van der Waals surface area contributed by atoms with Gasteiger partial charge in [0.2, 0.25) is 0 Å². The SMILES string of the molecule is C/C(=N/N)C(F)(F)F. The summed E-state index contributed by atoms with van der Waals surface area (Å²) in [6.07, 6.45) is -4.37. The van der Waals surface area contributed by atoms with E-state index in [4.69, 9.17) is 0 Å². The number of rotatable bonds is 0. The molecule has 0 atom stereocenters. The maximum absolute atomic E-state index is 11.2. The Morgan fingerprint density at radius 1 is 1.50 bits per heavy atom. The molecule has 0 aromatic carbocycles. The van der Waals surface area contributed by atoms with Crippen LogP contribution < -0.4 is 5.84 Å². The van der Waals surface area contributed by atoms with E-state index in [9.17, 15) is 13.2 Å². The molecule has 48 valence electrons. The smallest absolute Gasteiger partial charge is 0.323 e. The second kappa shape index (κ2) is 2.02. The zero-order valence-corrected chi connectivity index (χ0v) is 4.16. The minimum atomic E-state index is -4.37. The van der Waals surface area contributed by atoms with Gasteiger partial charge in [0.25, 0.3) is 0 Å². The van der Waals surface area contributed by atoms with Crippen molar-refractivity contribution in [2.24, 2.45) is 10.9 Å². The summed E-state index contributed by atoms with van der Waals surface area (Å²) in [5.41, 5.74) is -1.02. The monoisotopic (exact) mass is 126 g/mol. The molecule has 2 N–H and O–H groups in total. The van der Waals surface area contributed by atoms with Gasteiger partial charge in [-0.15, -0.1) is 0 Å². The molecule has 0 aromatic rings. The van der Waals surface area contributed by atoms with E-state index in [0.717, 1.165) is 6.92 Å². The molecule has 0 spiro atoms. The fraction of sp³-hybridized carbons (Fsp3) is 0.667. The fourth-order valence-electron chi connectivity index (χ4n) is 0.0732. The van der Waals surface area contributed by atoms with Crippen LogP contribution in [0, 0.1) is 0 Å². The second-order valence-corrected chi connectivity index (χ2v) is 1.21. The van der Waals surface area contributed by atoms with Crippen molar-refractivity contribution in [3.05, 3.63) is 0 Å². The van der Waals surface area contributed by atoms with Crippen LogP contribution in [0.15, 0.2) is 5.10 Å². The maximum Gasteiger partial charge on any atom is 0.430 e. The average molecular weight is 126 g/mol. The molecule has 0 amide bonds. The Bertz CT molecular complexity index is 104. The van der Waals surface area contributed by atoms with E-state index in [0.29, 0.717) is 0 Å².